The van der Waals surface area contributed by atoms with Gasteiger partial charge in [0, 0.05) is 0 Å². The molecule has 0 aromatic heterocycles. The van der Waals surface area contributed by atoms with Crippen molar-refractivity contribution in [3.05, 3.63) is 35.5 Å². The molecule has 0 spiro atoms. The molecule has 0 aromatic rings. The summed E-state index contributed by atoms with van der Waals surface area (Å²) in [6.07, 6.45) is 18.4. The van der Waals surface area contributed by atoms with Crippen molar-refractivity contribution in [2.75, 3.05) is 0 Å². The van der Waals surface area contributed by atoms with Gasteiger partial charge in [0.25, 0.3) is 0 Å². The third-order valence-electron chi connectivity index (χ3n) is 10.0. The Balaban J connectivity index is 1.57. The molecule has 29 heavy (non-hydrogen) atoms. The normalized spacial score (nSPS) is 44.0. The molecule has 0 aromatic carbocycles. The van der Waals surface area contributed by atoms with Gasteiger partial charge in [0.1, 0.15) is 0 Å². The van der Waals surface area contributed by atoms with Crippen LogP contribution in [0.15, 0.2) is 35.5 Å². The van der Waals surface area contributed by atoms with Crippen LogP contribution in [0.2, 0.25) is 0 Å². The Bertz CT molecular complexity index is 712. The van der Waals surface area contributed by atoms with Crippen LogP contribution in [-0.4, -0.2) is 11.2 Å². The second-order valence-corrected chi connectivity index (χ2v) is 11.9. The number of hydrogen-bond donors (Lipinski definition) is 1. The van der Waals surface area contributed by atoms with Crippen molar-refractivity contribution in [2.45, 2.75) is 92.6 Å². The minimum absolute atomic E-state index is 0.116. The van der Waals surface area contributed by atoms with Crippen LogP contribution in [0, 0.1) is 46.3 Å². The summed E-state index contributed by atoms with van der Waals surface area (Å²) < 4.78 is 0. The van der Waals surface area contributed by atoms with Gasteiger partial charge in [-0.25, -0.2) is 0 Å². The third kappa shape index (κ3) is 3.50. The summed E-state index contributed by atoms with van der Waals surface area (Å²) in [5, 5.41) is 10.2. The molecule has 162 valence electrons. The summed E-state index contributed by atoms with van der Waals surface area (Å²) in [7, 11) is 0. The first-order valence-corrected chi connectivity index (χ1v) is 12.4. The number of fused-ring (bicyclic) bond motifs is 5. The van der Waals surface area contributed by atoms with E-state index < -0.39 is 0 Å². The molecule has 1 nitrogen and oxygen atoms in total. The van der Waals surface area contributed by atoms with E-state index in [0.717, 1.165) is 36.5 Å². The van der Waals surface area contributed by atoms with Crippen molar-refractivity contribution in [3.8, 4) is 0 Å². The number of aliphatic hydroxyl groups excluding tert-OH is 1. The lowest BCUT2D eigenvalue weighted by Crippen LogP contribution is -2.46. The van der Waals surface area contributed by atoms with Gasteiger partial charge in [0.15, 0.2) is 0 Å². The molecule has 0 bridgehead atoms. The van der Waals surface area contributed by atoms with E-state index in [2.05, 4.69) is 65.8 Å². The summed E-state index contributed by atoms with van der Waals surface area (Å²) in [6.45, 7) is 14.6. The molecule has 4 aliphatic carbocycles. The Kier molecular flexibility index (Phi) is 5.69. The number of hydrogen-bond acceptors (Lipinski definition) is 1. The second kappa shape index (κ2) is 7.70. The summed E-state index contributed by atoms with van der Waals surface area (Å²) in [5.74, 6) is 4.38. The van der Waals surface area contributed by atoms with E-state index in [1.165, 1.54) is 37.7 Å². The lowest BCUT2D eigenvalue weighted by atomic mass is 9.50. The van der Waals surface area contributed by atoms with Crippen molar-refractivity contribution >= 4 is 0 Å². The minimum Gasteiger partial charge on any atom is -0.393 e. The van der Waals surface area contributed by atoms with E-state index in [0.29, 0.717) is 22.7 Å². The van der Waals surface area contributed by atoms with E-state index in [9.17, 15) is 5.11 Å². The first-order chi connectivity index (χ1) is 13.7. The van der Waals surface area contributed by atoms with Gasteiger partial charge in [0.2, 0.25) is 0 Å². The summed E-state index contributed by atoms with van der Waals surface area (Å²) >= 11 is 0. The average Bonchev–Trinajstić information content (AvgIpc) is 3.03. The highest BCUT2D eigenvalue weighted by atomic mass is 16.3. The maximum atomic E-state index is 10.2. The van der Waals surface area contributed by atoms with Crippen LogP contribution in [0.1, 0.15) is 86.5 Å². The SMILES string of the molecule is CC(C)[C@H](C)/C=C/[C@@H](C)[C@H]1CC[C@H]2C3=CC=C4C[C@@H](O)CC[C@]4(C)C3CC[C@]12C. The van der Waals surface area contributed by atoms with Gasteiger partial charge in [-0.3, -0.25) is 0 Å². The predicted octanol–water partition coefficient (Wildman–Crippen LogP) is 7.33. The zero-order valence-electron chi connectivity index (χ0n) is 19.7. The van der Waals surface area contributed by atoms with Crippen LogP contribution in [-0.2, 0) is 0 Å². The van der Waals surface area contributed by atoms with Crippen LogP contribution in [0.5, 0.6) is 0 Å². The molecular weight excluding hydrogens is 352 g/mol. The fourth-order valence-corrected chi connectivity index (χ4v) is 7.59. The highest BCUT2D eigenvalue weighted by Gasteiger charge is 2.56. The number of rotatable bonds is 4. The molecule has 1 N–H and O–H groups in total. The third-order valence-corrected chi connectivity index (χ3v) is 10.0. The van der Waals surface area contributed by atoms with Crippen LogP contribution in [0.3, 0.4) is 0 Å². The predicted molar refractivity (Wildman–Crippen MR) is 123 cm³/mol. The summed E-state index contributed by atoms with van der Waals surface area (Å²) in [5.41, 5.74) is 4.07. The Morgan fingerprint density at radius 2 is 1.69 bits per heavy atom. The molecule has 1 heteroatoms. The fourth-order valence-electron chi connectivity index (χ4n) is 7.59. The smallest absolute Gasteiger partial charge is 0.0578 e. The van der Waals surface area contributed by atoms with E-state index in [4.69, 9.17) is 0 Å². The lowest BCUT2D eigenvalue weighted by Gasteiger charge is -2.55. The largest absolute Gasteiger partial charge is 0.393 e. The highest BCUT2D eigenvalue weighted by molar-refractivity contribution is 5.39. The molecule has 4 aliphatic rings. The summed E-state index contributed by atoms with van der Waals surface area (Å²) in [6, 6.07) is 0. The van der Waals surface area contributed by atoms with E-state index in [1.54, 1.807) is 5.57 Å². The van der Waals surface area contributed by atoms with E-state index in [1.807, 2.05) is 0 Å². The zero-order chi connectivity index (χ0) is 21.0. The van der Waals surface area contributed by atoms with Crippen molar-refractivity contribution < 1.29 is 5.11 Å². The molecule has 1 unspecified atom stereocenters. The fraction of sp³-hybridized carbons (Fsp3) is 0.786. The van der Waals surface area contributed by atoms with Gasteiger partial charge in [-0.15, -0.1) is 0 Å². The molecular formula is C28H44O. The molecule has 8 atom stereocenters. The van der Waals surface area contributed by atoms with Crippen molar-refractivity contribution in [3.63, 3.8) is 0 Å². The van der Waals surface area contributed by atoms with Gasteiger partial charge in [-0.1, -0.05) is 77.0 Å². The van der Waals surface area contributed by atoms with Gasteiger partial charge in [-0.05, 0) is 91.3 Å². The zero-order valence-corrected chi connectivity index (χ0v) is 19.7. The monoisotopic (exact) mass is 396 g/mol. The van der Waals surface area contributed by atoms with Crippen LogP contribution >= 0.6 is 0 Å². The Hall–Kier alpha value is -0.820. The van der Waals surface area contributed by atoms with Crippen molar-refractivity contribution in [2.24, 2.45) is 46.3 Å². The molecule has 0 saturated heterocycles. The van der Waals surface area contributed by atoms with Gasteiger partial charge in [0.05, 0.1) is 6.10 Å². The average molecular weight is 397 g/mol. The minimum atomic E-state index is -0.116. The molecule has 0 aliphatic heterocycles. The quantitative estimate of drug-likeness (QED) is 0.493. The van der Waals surface area contributed by atoms with Gasteiger partial charge < -0.3 is 5.11 Å². The topological polar surface area (TPSA) is 20.2 Å². The maximum absolute atomic E-state index is 10.2. The molecule has 0 amide bonds. The summed E-state index contributed by atoms with van der Waals surface area (Å²) in [4.78, 5) is 0. The van der Waals surface area contributed by atoms with E-state index in [-0.39, 0.29) is 6.10 Å². The molecule has 0 radical (unpaired) electrons. The Morgan fingerprint density at radius 3 is 2.41 bits per heavy atom. The highest BCUT2D eigenvalue weighted by Crippen LogP contribution is 2.65. The molecule has 0 heterocycles. The molecule has 3 saturated carbocycles. The first kappa shape index (κ1) is 21.4. The molecule has 3 fully saturated rings. The Morgan fingerprint density at radius 1 is 0.931 bits per heavy atom. The van der Waals surface area contributed by atoms with Crippen LogP contribution in [0.25, 0.3) is 0 Å². The van der Waals surface area contributed by atoms with Crippen LogP contribution in [0.4, 0.5) is 0 Å². The molecule has 4 rings (SSSR count). The standard InChI is InChI=1S/C28H44O/c1-18(2)19(3)7-8-20(4)24-11-12-25-23-10-9-21-17-22(29)13-15-27(21,5)26(23)14-16-28(24,25)6/h7-10,18-20,22,24-26,29H,11-17H2,1-6H3/b8-7+/t19-,20-,22+,24-,25+,26?,27+,28-/m1/s1. The second-order valence-electron chi connectivity index (χ2n) is 11.9. The van der Waals surface area contributed by atoms with E-state index >= 15 is 0 Å². The van der Waals surface area contributed by atoms with Crippen molar-refractivity contribution in [1.82, 2.24) is 0 Å². The van der Waals surface area contributed by atoms with Gasteiger partial charge >= 0.3 is 0 Å². The van der Waals surface area contributed by atoms with Gasteiger partial charge in [-0.2, -0.15) is 0 Å². The number of aliphatic hydroxyl groups is 1. The lowest BCUT2D eigenvalue weighted by molar-refractivity contribution is 0.0382. The van der Waals surface area contributed by atoms with Crippen LogP contribution < -0.4 is 0 Å². The maximum Gasteiger partial charge on any atom is 0.0578 e. The van der Waals surface area contributed by atoms with Crippen molar-refractivity contribution in [1.29, 1.82) is 0 Å². The first-order valence-electron chi connectivity index (χ1n) is 12.4. The number of allylic oxidation sites excluding steroid dienone is 5. The Labute approximate surface area is 179 Å².